The van der Waals surface area contributed by atoms with Gasteiger partial charge >= 0.3 is 0 Å². The first kappa shape index (κ1) is 17.4. The van der Waals surface area contributed by atoms with Gasteiger partial charge in [0, 0.05) is 23.9 Å². The van der Waals surface area contributed by atoms with E-state index in [0.29, 0.717) is 25.7 Å². The summed E-state index contributed by atoms with van der Waals surface area (Å²) >= 11 is 1.68. The zero-order valence-corrected chi connectivity index (χ0v) is 14.9. The van der Waals surface area contributed by atoms with Crippen LogP contribution in [0.4, 0.5) is 0 Å². The molecule has 3 rings (SSSR count). The number of likely N-dealkylation sites (tertiary alicyclic amines) is 1. The van der Waals surface area contributed by atoms with Crippen LogP contribution in [0.25, 0.3) is 0 Å². The topological polar surface area (TPSA) is 41.9 Å². The normalized spacial score (nSPS) is 19.5. The molecule has 24 heavy (non-hydrogen) atoms. The lowest BCUT2D eigenvalue weighted by Gasteiger charge is -2.20. The zero-order valence-electron chi connectivity index (χ0n) is 14.1. The Bertz CT molecular complexity index is 617. The molecule has 0 aliphatic carbocycles. The highest BCUT2D eigenvalue weighted by atomic mass is 32.1. The van der Waals surface area contributed by atoms with E-state index in [2.05, 4.69) is 23.1 Å². The van der Waals surface area contributed by atoms with Gasteiger partial charge in [0.1, 0.15) is 5.75 Å². The summed E-state index contributed by atoms with van der Waals surface area (Å²) in [4.78, 5) is 3.51. The molecule has 130 valence electrons. The molecule has 2 atom stereocenters. The molecule has 0 spiro atoms. The predicted octanol–water partition coefficient (Wildman–Crippen LogP) is 3.12. The molecule has 0 amide bonds. The fourth-order valence-corrected chi connectivity index (χ4v) is 3.94. The summed E-state index contributed by atoms with van der Waals surface area (Å²) in [6.45, 7) is 3.59. The highest BCUT2D eigenvalue weighted by Crippen LogP contribution is 2.33. The Morgan fingerprint density at radius 1 is 1.29 bits per heavy atom. The van der Waals surface area contributed by atoms with Gasteiger partial charge in [-0.15, -0.1) is 11.3 Å². The Morgan fingerprint density at radius 2 is 2.17 bits per heavy atom. The molecule has 2 unspecified atom stereocenters. The molecule has 2 heterocycles. The van der Waals surface area contributed by atoms with Crippen molar-refractivity contribution in [3.05, 3.63) is 52.2 Å². The number of methoxy groups -OCH3 is 1. The van der Waals surface area contributed by atoms with Crippen molar-refractivity contribution in [2.75, 3.05) is 33.4 Å². The van der Waals surface area contributed by atoms with Gasteiger partial charge in [0.2, 0.25) is 0 Å². The number of ether oxygens (including phenoxy) is 2. The quantitative estimate of drug-likeness (QED) is 0.797. The second-order valence-corrected chi connectivity index (χ2v) is 7.27. The average Bonchev–Trinajstić information content (AvgIpc) is 3.27. The smallest absolute Gasteiger partial charge is 0.122 e. The van der Waals surface area contributed by atoms with Crippen LogP contribution in [0.1, 0.15) is 22.8 Å². The van der Waals surface area contributed by atoms with Gasteiger partial charge in [-0.05, 0) is 36.0 Å². The van der Waals surface area contributed by atoms with Crippen molar-refractivity contribution < 1.29 is 14.6 Å². The maximum absolute atomic E-state index is 10.2. The fourth-order valence-electron chi connectivity index (χ4n) is 3.30. The van der Waals surface area contributed by atoms with E-state index in [0.717, 1.165) is 25.3 Å². The molecular weight excluding hydrogens is 322 g/mol. The maximum Gasteiger partial charge on any atom is 0.122 e. The average molecular weight is 347 g/mol. The number of hydrogen-bond acceptors (Lipinski definition) is 5. The number of β-amino-alcohol motifs (C(OH)–C–C–N with tert-alkyl or cyclic N) is 1. The first-order valence-corrected chi connectivity index (χ1v) is 9.27. The van der Waals surface area contributed by atoms with Crippen LogP contribution in [0.2, 0.25) is 0 Å². The Labute approximate surface area is 147 Å². The van der Waals surface area contributed by atoms with E-state index in [4.69, 9.17) is 9.47 Å². The van der Waals surface area contributed by atoms with Crippen LogP contribution in [0.5, 0.6) is 5.75 Å². The number of benzene rings is 1. The number of hydrogen-bond donors (Lipinski definition) is 1. The summed E-state index contributed by atoms with van der Waals surface area (Å²) in [5.74, 6) is 1.43. The van der Waals surface area contributed by atoms with Gasteiger partial charge in [-0.25, -0.2) is 0 Å². The van der Waals surface area contributed by atoms with Crippen molar-refractivity contribution in [1.29, 1.82) is 0 Å². The van der Waals surface area contributed by atoms with Crippen LogP contribution in [-0.2, 0) is 11.3 Å². The molecule has 1 aromatic carbocycles. The third kappa shape index (κ3) is 4.57. The van der Waals surface area contributed by atoms with E-state index in [1.807, 2.05) is 23.6 Å². The summed E-state index contributed by atoms with van der Waals surface area (Å²) in [5.41, 5.74) is 1.27. The van der Waals surface area contributed by atoms with Gasteiger partial charge in [0.25, 0.3) is 0 Å². The van der Waals surface area contributed by atoms with Crippen molar-refractivity contribution in [3.8, 4) is 5.75 Å². The molecule has 5 heteroatoms. The van der Waals surface area contributed by atoms with Crippen LogP contribution in [0.3, 0.4) is 0 Å². The molecule has 0 radical (unpaired) electrons. The van der Waals surface area contributed by atoms with Gasteiger partial charge in [0.15, 0.2) is 0 Å². The third-order valence-corrected chi connectivity index (χ3v) is 5.30. The van der Waals surface area contributed by atoms with E-state index >= 15 is 0 Å². The molecule has 1 fully saturated rings. The zero-order chi connectivity index (χ0) is 16.8. The van der Waals surface area contributed by atoms with Gasteiger partial charge in [-0.3, -0.25) is 0 Å². The molecule has 1 aromatic heterocycles. The molecule has 2 aromatic rings. The second kappa shape index (κ2) is 8.62. The first-order chi connectivity index (χ1) is 11.8. The minimum absolute atomic E-state index is 0.383. The number of aliphatic hydroxyl groups excluding tert-OH is 1. The summed E-state index contributed by atoms with van der Waals surface area (Å²) < 4.78 is 11.1. The van der Waals surface area contributed by atoms with Gasteiger partial charge in [0.05, 0.1) is 26.4 Å². The molecule has 1 saturated heterocycles. The lowest BCUT2D eigenvalue weighted by atomic mass is 9.97. The molecule has 1 N–H and O–H groups in total. The lowest BCUT2D eigenvalue weighted by molar-refractivity contribution is 0.0140. The van der Waals surface area contributed by atoms with Crippen molar-refractivity contribution in [2.24, 2.45) is 0 Å². The third-order valence-electron chi connectivity index (χ3n) is 4.45. The molecule has 1 aliphatic heterocycles. The maximum atomic E-state index is 10.2. The standard InChI is InChI=1S/C19H25NO3S/c1-22-19-7-3-2-6-18(19)15-8-9-20(11-15)12-16(21)13-23-14-17-5-4-10-24-17/h2-7,10,15-16,21H,8-9,11-14H2,1H3. The molecular formula is C19H25NO3S. The van der Waals surface area contributed by atoms with E-state index in [1.54, 1.807) is 18.4 Å². The van der Waals surface area contributed by atoms with Crippen LogP contribution in [0, 0.1) is 0 Å². The number of para-hydroxylation sites is 1. The molecule has 0 saturated carbocycles. The van der Waals surface area contributed by atoms with E-state index < -0.39 is 6.10 Å². The largest absolute Gasteiger partial charge is 0.496 e. The Balaban J connectivity index is 1.43. The summed E-state index contributed by atoms with van der Waals surface area (Å²) in [6, 6.07) is 12.3. The molecule has 4 nitrogen and oxygen atoms in total. The second-order valence-electron chi connectivity index (χ2n) is 6.24. The van der Waals surface area contributed by atoms with Crippen LogP contribution < -0.4 is 4.74 Å². The summed E-state index contributed by atoms with van der Waals surface area (Å²) in [5, 5.41) is 12.2. The van der Waals surface area contributed by atoms with Crippen LogP contribution in [-0.4, -0.2) is 49.5 Å². The van der Waals surface area contributed by atoms with Crippen molar-refractivity contribution in [1.82, 2.24) is 4.90 Å². The first-order valence-electron chi connectivity index (χ1n) is 8.39. The predicted molar refractivity (Wildman–Crippen MR) is 96.8 cm³/mol. The van der Waals surface area contributed by atoms with Crippen molar-refractivity contribution >= 4 is 11.3 Å². The minimum Gasteiger partial charge on any atom is -0.496 e. The number of rotatable bonds is 8. The van der Waals surface area contributed by atoms with Crippen molar-refractivity contribution in [3.63, 3.8) is 0 Å². The van der Waals surface area contributed by atoms with Crippen LogP contribution >= 0.6 is 11.3 Å². The molecule has 1 aliphatic rings. The SMILES string of the molecule is COc1ccccc1C1CCN(CC(O)COCc2cccs2)C1. The summed E-state index contributed by atoms with van der Waals surface area (Å²) in [7, 11) is 1.72. The Kier molecular flexibility index (Phi) is 6.26. The van der Waals surface area contributed by atoms with Crippen molar-refractivity contribution in [2.45, 2.75) is 25.0 Å². The number of aliphatic hydroxyl groups is 1. The monoisotopic (exact) mass is 347 g/mol. The highest BCUT2D eigenvalue weighted by Gasteiger charge is 2.27. The number of nitrogens with zero attached hydrogens (tertiary/aromatic N) is 1. The lowest BCUT2D eigenvalue weighted by Crippen LogP contribution is -2.33. The highest BCUT2D eigenvalue weighted by molar-refractivity contribution is 7.09. The van der Waals surface area contributed by atoms with Gasteiger partial charge in [-0.2, -0.15) is 0 Å². The number of thiophene rings is 1. The fraction of sp³-hybridized carbons (Fsp3) is 0.474. The van der Waals surface area contributed by atoms with Gasteiger partial charge in [-0.1, -0.05) is 24.3 Å². The Hall–Kier alpha value is -1.40. The summed E-state index contributed by atoms with van der Waals surface area (Å²) in [6.07, 6.45) is 0.657. The van der Waals surface area contributed by atoms with E-state index in [9.17, 15) is 5.11 Å². The van der Waals surface area contributed by atoms with E-state index in [1.165, 1.54) is 10.4 Å². The van der Waals surface area contributed by atoms with E-state index in [-0.39, 0.29) is 0 Å². The minimum atomic E-state index is -0.443. The van der Waals surface area contributed by atoms with Crippen LogP contribution in [0.15, 0.2) is 41.8 Å². The Morgan fingerprint density at radius 3 is 2.96 bits per heavy atom. The van der Waals surface area contributed by atoms with Gasteiger partial charge < -0.3 is 19.5 Å². The molecule has 0 bridgehead atoms.